The summed E-state index contributed by atoms with van der Waals surface area (Å²) in [5.74, 6) is 1.78. The molecule has 0 fully saturated rings. The lowest BCUT2D eigenvalue weighted by Gasteiger charge is -2.06. The van der Waals surface area contributed by atoms with Gasteiger partial charge in [-0.25, -0.2) is 9.97 Å². The molecule has 0 bridgehead atoms. The van der Waals surface area contributed by atoms with Gasteiger partial charge in [-0.05, 0) is 31.0 Å². The van der Waals surface area contributed by atoms with Crippen molar-refractivity contribution < 1.29 is 4.74 Å². The molecule has 0 unspecified atom stereocenters. The van der Waals surface area contributed by atoms with Crippen LogP contribution in [0.25, 0.3) is 21.3 Å². The number of ether oxygens (including phenoxy) is 1. The van der Waals surface area contributed by atoms with Crippen LogP contribution in [0.4, 0.5) is 0 Å². The minimum absolute atomic E-state index is 0.518. The first-order chi connectivity index (χ1) is 13.7. The molecule has 2 aromatic heterocycles. The maximum atomic E-state index is 6.53. The van der Waals surface area contributed by atoms with Crippen LogP contribution in [0.2, 0.25) is 5.15 Å². The van der Waals surface area contributed by atoms with Crippen molar-refractivity contribution in [1.82, 2.24) is 9.97 Å². The summed E-state index contributed by atoms with van der Waals surface area (Å²) in [6, 6.07) is 18.3. The Bertz CT molecular complexity index is 1070. The van der Waals surface area contributed by atoms with Crippen LogP contribution >= 0.6 is 34.7 Å². The smallest absolute Gasteiger partial charge is 0.190 e. The second kappa shape index (κ2) is 8.95. The van der Waals surface area contributed by atoms with Crippen molar-refractivity contribution in [2.45, 2.75) is 18.5 Å². The Labute approximate surface area is 177 Å². The SMILES string of the molecule is Cc1ccc(-c2csc3nc(SCCCOc4ccccc4)nc(Cl)c23)cc1. The molecule has 3 nitrogen and oxygen atoms in total. The molecule has 0 amide bonds. The standard InChI is InChI=1S/C22H19ClN2OS2/c1-15-8-10-16(11-9-15)18-14-28-21-19(18)20(23)24-22(25-21)27-13-5-12-26-17-6-3-2-4-7-17/h2-4,6-11,14H,5,12-13H2,1H3. The summed E-state index contributed by atoms with van der Waals surface area (Å²) >= 11 is 9.75. The van der Waals surface area contributed by atoms with Gasteiger partial charge >= 0.3 is 0 Å². The molecule has 0 saturated carbocycles. The quantitative estimate of drug-likeness (QED) is 0.139. The zero-order valence-corrected chi connectivity index (χ0v) is 17.8. The van der Waals surface area contributed by atoms with Gasteiger partial charge in [0.15, 0.2) is 5.16 Å². The second-order valence-corrected chi connectivity index (χ2v) is 8.63. The molecule has 142 valence electrons. The van der Waals surface area contributed by atoms with Gasteiger partial charge in [-0.3, -0.25) is 0 Å². The number of benzene rings is 2. The maximum Gasteiger partial charge on any atom is 0.190 e. The summed E-state index contributed by atoms with van der Waals surface area (Å²) in [6.07, 6.45) is 0.914. The monoisotopic (exact) mass is 426 g/mol. The fourth-order valence-electron chi connectivity index (χ4n) is 2.82. The third kappa shape index (κ3) is 4.49. The Morgan fingerprint density at radius 2 is 1.82 bits per heavy atom. The first-order valence-electron chi connectivity index (χ1n) is 9.03. The first-order valence-corrected chi connectivity index (χ1v) is 11.3. The van der Waals surface area contributed by atoms with Crippen molar-refractivity contribution in [3.63, 3.8) is 0 Å². The average molecular weight is 427 g/mol. The largest absolute Gasteiger partial charge is 0.494 e. The van der Waals surface area contributed by atoms with E-state index in [1.807, 2.05) is 30.3 Å². The van der Waals surface area contributed by atoms with Gasteiger partial charge in [-0.1, -0.05) is 71.4 Å². The van der Waals surface area contributed by atoms with E-state index in [4.69, 9.17) is 21.3 Å². The van der Waals surface area contributed by atoms with Crippen LogP contribution in [0.1, 0.15) is 12.0 Å². The van der Waals surface area contributed by atoms with E-state index >= 15 is 0 Å². The van der Waals surface area contributed by atoms with Gasteiger partial charge in [0.2, 0.25) is 0 Å². The number of thiophene rings is 1. The van der Waals surface area contributed by atoms with Crippen molar-refractivity contribution in [3.05, 3.63) is 70.7 Å². The Morgan fingerprint density at radius 3 is 2.61 bits per heavy atom. The molecule has 0 radical (unpaired) electrons. The number of hydrogen-bond acceptors (Lipinski definition) is 5. The highest BCUT2D eigenvalue weighted by Gasteiger charge is 2.14. The zero-order valence-electron chi connectivity index (χ0n) is 15.4. The van der Waals surface area contributed by atoms with Crippen LogP contribution in [-0.4, -0.2) is 22.3 Å². The fraction of sp³-hybridized carbons (Fsp3) is 0.182. The van der Waals surface area contributed by atoms with E-state index in [2.05, 4.69) is 41.6 Å². The second-order valence-electron chi connectivity index (χ2n) is 6.36. The van der Waals surface area contributed by atoms with Gasteiger partial charge in [-0.15, -0.1) is 11.3 Å². The lowest BCUT2D eigenvalue weighted by Crippen LogP contribution is -1.99. The van der Waals surface area contributed by atoms with E-state index < -0.39 is 0 Å². The highest BCUT2D eigenvalue weighted by atomic mass is 35.5. The van der Waals surface area contributed by atoms with Crippen LogP contribution < -0.4 is 4.74 Å². The number of aromatic nitrogens is 2. The fourth-order valence-corrected chi connectivity index (χ4v) is 4.96. The average Bonchev–Trinajstić information content (AvgIpc) is 3.14. The topological polar surface area (TPSA) is 35.0 Å². The summed E-state index contributed by atoms with van der Waals surface area (Å²) in [5, 5.41) is 4.28. The molecule has 0 saturated heterocycles. The molecule has 4 rings (SSSR count). The van der Waals surface area contributed by atoms with Gasteiger partial charge in [0, 0.05) is 16.7 Å². The number of para-hydroxylation sites is 1. The zero-order chi connectivity index (χ0) is 19.3. The number of fused-ring (bicyclic) bond motifs is 1. The third-order valence-corrected chi connectivity index (χ3v) is 6.34. The molecule has 0 N–H and O–H groups in total. The van der Waals surface area contributed by atoms with Crippen LogP contribution in [0, 0.1) is 6.92 Å². The van der Waals surface area contributed by atoms with Gasteiger partial charge in [0.25, 0.3) is 0 Å². The minimum Gasteiger partial charge on any atom is -0.494 e. The molecule has 28 heavy (non-hydrogen) atoms. The van der Waals surface area contributed by atoms with E-state index in [1.165, 1.54) is 5.56 Å². The number of aryl methyl sites for hydroxylation is 1. The molecule has 0 aliphatic carbocycles. The predicted molar refractivity (Wildman–Crippen MR) is 120 cm³/mol. The van der Waals surface area contributed by atoms with E-state index in [-0.39, 0.29) is 0 Å². The van der Waals surface area contributed by atoms with Crippen molar-refractivity contribution in [2.75, 3.05) is 12.4 Å². The van der Waals surface area contributed by atoms with Gasteiger partial charge < -0.3 is 4.74 Å². The molecular formula is C22H19ClN2OS2. The molecular weight excluding hydrogens is 408 g/mol. The summed E-state index contributed by atoms with van der Waals surface area (Å²) in [4.78, 5) is 10.1. The summed E-state index contributed by atoms with van der Waals surface area (Å²) in [5.41, 5.74) is 3.47. The summed E-state index contributed by atoms with van der Waals surface area (Å²) < 4.78 is 5.72. The van der Waals surface area contributed by atoms with Crippen LogP contribution in [0.5, 0.6) is 5.75 Å². The Hall–Kier alpha value is -2.08. The van der Waals surface area contributed by atoms with E-state index in [1.54, 1.807) is 23.1 Å². The number of nitrogens with zero attached hydrogens (tertiary/aromatic N) is 2. The normalized spacial score (nSPS) is 11.1. The molecule has 4 aromatic rings. The predicted octanol–water partition coefficient (Wildman–Crippen LogP) is 6.88. The first kappa shape index (κ1) is 19.2. The molecule has 0 aliphatic heterocycles. The molecule has 0 aliphatic rings. The maximum absolute atomic E-state index is 6.53. The summed E-state index contributed by atoms with van der Waals surface area (Å²) in [7, 11) is 0. The highest BCUT2D eigenvalue weighted by molar-refractivity contribution is 7.99. The number of rotatable bonds is 7. The third-order valence-electron chi connectivity index (χ3n) is 4.26. The molecule has 6 heteroatoms. The van der Waals surface area contributed by atoms with Crippen molar-refractivity contribution >= 4 is 44.9 Å². The minimum atomic E-state index is 0.518. The van der Waals surface area contributed by atoms with E-state index in [9.17, 15) is 0 Å². The molecule has 2 heterocycles. The van der Waals surface area contributed by atoms with Gasteiger partial charge in [0.1, 0.15) is 15.7 Å². The molecule has 0 atom stereocenters. The Kier molecular flexibility index (Phi) is 6.15. The Morgan fingerprint density at radius 1 is 1.04 bits per heavy atom. The van der Waals surface area contributed by atoms with Crippen molar-refractivity contribution in [1.29, 1.82) is 0 Å². The number of thioether (sulfide) groups is 1. The van der Waals surface area contributed by atoms with E-state index in [0.717, 1.165) is 44.4 Å². The number of hydrogen-bond donors (Lipinski definition) is 0. The van der Waals surface area contributed by atoms with Crippen LogP contribution in [0.3, 0.4) is 0 Å². The molecule has 0 spiro atoms. The molecule has 2 aromatic carbocycles. The van der Waals surface area contributed by atoms with Gasteiger partial charge in [0.05, 0.1) is 12.0 Å². The van der Waals surface area contributed by atoms with Crippen LogP contribution in [-0.2, 0) is 0 Å². The highest BCUT2D eigenvalue weighted by Crippen LogP contribution is 2.37. The van der Waals surface area contributed by atoms with Crippen LogP contribution in [0.15, 0.2) is 65.1 Å². The lowest BCUT2D eigenvalue weighted by molar-refractivity contribution is 0.318. The van der Waals surface area contributed by atoms with E-state index in [0.29, 0.717) is 11.8 Å². The summed E-state index contributed by atoms with van der Waals surface area (Å²) in [6.45, 7) is 2.75. The number of halogens is 1. The van der Waals surface area contributed by atoms with Crippen molar-refractivity contribution in [2.24, 2.45) is 0 Å². The Balaban J connectivity index is 1.41. The van der Waals surface area contributed by atoms with Crippen molar-refractivity contribution in [3.8, 4) is 16.9 Å². The lowest BCUT2D eigenvalue weighted by atomic mass is 10.1. The van der Waals surface area contributed by atoms with Gasteiger partial charge in [-0.2, -0.15) is 0 Å².